The van der Waals surface area contributed by atoms with Crippen LogP contribution in [-0.4, -0.2) is 41.1 Å². The van der Waals surface area contributed by atoms with Gasteiger partial charge >= 0.3 is 5.97 Å². The van der Waals surface area contributed by atoms with Crippen LogP contribution in [-0.2, 0) is 9.53 Å². The van der Waals surface area contributed by atoms with Gasteiger partial charge in [0.1, 0.15) is 6.04 Å². The first-order chi connectivity index (χ1) is 11.7. The predicted molar refractivity (Wildman–Crippen MR) is 97.1 cm³/mol. The molecule has 0 spiro atoms. The molecule has 1 fully saturated rings. The summed E-state index contributed by atoms with van der Waals surface area (Å²) < 4.78 is 5.31. The molecule has 4 nitrogen and oxygen atoms in total. The first kappa shape index (κ1) is 16.8. The van der Waals surface area contributed by atoms with E-state index >= 15 is 0 Å². The molecule has 126 valence electrons. The molecule has 0 N–H and O–H groups in total. The molecule has 1 amide bonds. The van der Waals surface area contributed by atoms with Crippen molar-refractivity contribution in [2.24, 2.45) is 0 Å². The Balaban J connectivity index is 1.75. The highest BCUT2D eigenvalue weighted by molar-refractivity contribution is 7.99. The molecule has 0 bridgehead atoms. The monoisotopic (exact) mass is 343 g/mol. The van der Waals surface area contributed by atoms with Gasteiger partial charge in [-0.1, -0.05) is 43.7 Å². The molecule has 0 saturated carbocycles. The Labute approximate surface area is 146 Å². The molecule has 0 aliphatic carbocycles. The summed E-state index contributed by atoms with van der Waals surface area (Å²) in [7, 11) is 0. The normalized spacial score (nSPS) is 17.2. The van der Waals surface area contributed by atoms with Crippen LogP contribution in [0.5, 0.6) is 0 Å². The SMILES string of the molecule is CCCCOC(=O)C1CSCN1C(=O)c1ccc2ccccc2c1. The second kappa shape index (κ2) is 7.71. The summed E-state index contributed by atoms with van der Waals surface area (Å²) in [6.45, 7) is 2.48. The van der Waals surface area contributed by atoms with E-state index in [1.807, 2.05) is 42.5 Å². The maximum Gasteiger partial charge on any atom is 0.329 e. The van der Waals surface area contributed by atoms with Crippen molar-refractivity contribution in [3.8, 4) is 0 Å². The van der Waals surface area contributed by atoms with E-state index in [9.17, 15) is 9.59 Å². The summed E-state index contributed by atoms with van der Waals surface area (Å²) in [5.74, 6) is 0.731. The lowest BCUT2D eigenvalue weighted by atomic mass is 10.1. The number of hydrogen-bond donors (Lipinski definition) is 0. The van der Waals surface area contributed by atoms with Crippen molar-refractivity contribution in [1.82, 2.24) is 4.90 Å². The number of nitrogens with zero attached hydrogens (tertiary/aromatic N) is 1. The molecule has 2 aromatic carbocycles. The zero-order valence-electron chi connectivity index (χ0n) is 13.7. The van der Waals surface area contributed by atoms with Gasteiger partial charge in [0.05, 0.1) is 12.5 Å². The molecule has 1 saturated heterocycles. The molecule has 1 aliphatic rings. The summed E-state index contributed by atoms with van der Waals surface area (Å²) in [4.78, 5) is 26.7. The second-order valence-corrected chi connectivity index (χ2v) is 6.87. The lowest BCUT2D eigenvalue weighted by Crippen LogP contribution is -2.42. The van der Waals surface area contributed by atoms with Gasteiger partial charge in [-0.2, -0.15) is 0 Å². The standard InChI is InChI=1S/C19H21NO3S/c1-2-3-10-23-19(22)17-12-24-13-20(17)18(21)16-9-8-14-6-4-5-7-15(14)11-16/h4-9,11,17H,2-3,10,12-13H2,1H3. The molecule has 1 heterocycles. The third-order valence-corrected chi connectivity index (χ3v) is 5.17. The Hall–Kier alpha value is -2.01. The van der Waals surface area contributed by atoms with E-state index in [0.717, 1.165) is 23.6 Å². The number of ether oxygens (including phenoxy) is 1. The van der Waals surface area contributed by atoms with Crippen molar-refractivity contribution in [2.75, 3.05) is 18.2 Å². The fourth-order valence-corrected chi connectivity index (χ4v) is 3.88. The maximum atomic E-state index is 12.8. The van der Waals surface area contributed by atoms with Crippen molar-refractivity contribution >= 4 is 34.4 Å². The molecule has 3 rings (SSSR count). The Morgan fingerprint density at radius 1 is 1.21 bits per heavy atom. The number of benzene rings is 2. The highest BCUT2D eigenvalue weighted by Gasteiger charge is 2.36. The summed E-state index contributed by atoms with van der Waals surface area (Å²) in [5, 5.41) is 2.12. The van der Waals surface area contributed by atoms with Crippen LogP contribution in [0.25, 0.3) is 10.8 Å². The second-order valence-electron chi connectivity index (χ2n) is 5.87. The van der Waals surface area contributed by atoms with Crippen molar-refractivity contribution in [3.63, 3.8) is 0 Å². The largest absolute Gasteiger partial charge is 0.464 e. The van der Waals surface area contributed by atoms with Crippen molar-refractivity contribution in [2.45, 2.75) is 25.8 Å². The van der Waals surface area contributed by atoms with E-state index in [1.165, 1.54) is 0 Å². The average Bonchev–Trinajstić information content (AvgIpc) is 3.10. The van der Waals surface area contributed by atoms with E-state index in [-0.39, 0.29) is 11.9 Å². The highest BCUT2D eigenvalue weighted by atomic mass is 32.2. The summed E-state index contributed by atoms with van der Waals surface area (Å²) in [6.07, 6.45) is 1.83. The Kier molecular flexibility index (Phi) is 5.41. The number of amides is 1. The van der Waals surface area contributed by atoms with Crippen molar-refractivity contribution in [3.05, 3.63) is 48.0 Å². The van der Waals surface area contributed by atoms with Gasteiger partial charge in [-0.05, 0) is 29.3 Å². The average molecular weight is 343 g/mol. The third kappa shape index (κ3) is 3.56. The fraction of sp³-hybridized carbons (Fsp3) is 0.368. The van der Waals surface area contributed by atoms with Gasteiger partial charge in [-0.3, -0.25) is 4.79 Å². The number of esters is 1. The van der Waals surface area contributed by atoms with Crippen LogP contribution in [0.1, 0.15) is 30.1 Å². The summed E-state index contributed by atoms with van der Waals surface area (Å²) in [5.41, 5.74) is 0.613. The summed E-state index contributed by atoms with van der Waals surface area (Å²) >= 11 is 1.59. The third-order valence-electron chi connectivity index (χ3n) is 4.15. The van der Waals surface area contributed by atoms with Crippen LogP contribution in [0, 0.1) is 0 Å². The van der Waals surface area contributed by atoms with E-state index in [1.54, 1.807) is 16.7 Å². The first-order valence-electron chi connectivity index (χ1n) is 8.25. The number of rotatable bonds is 5. The van der Waals surface area contributed by atoms with Crippen LogP contribution >= 0.6 is 11.8 Å². The zero-order valence-corrected chi connectivity index (χ0v) is 14.6. The minimum absolute atomic E-state index is 0.108. The molecule has 0 aromatic heterocycles. The lowest BCUT2D eigenvalue weighted by Gasteiger charge is -2.22. The predicted octanol–water partition coefficient (Wildman–Crippen LogP) is 3.70. The molecule has 1 unspecified atom stereocenters. The highest BCUT2D eigenvalue weighted by Crippen LogP contribution is 2.25. The number of carbonyl (C=O) groups is 2. The van der Waals surface area contributed by atoms with Crippen LogP contribution in [0.4, 0.5) is 0 Å². The van der Waals surface area contributed by atoms with Gasteiger partial charge < -0.3 is 9.64 Å². The number of unbranched alkanes of at least 4 members (excludes halogenated alkanes) is 1. The number of hydrogen-bond acceptors (Lipinski definition) is 4. The van der Waals surface area contributed by atoms with Gasteiger partial charge in [-0.25, -0.2) is 4.79 Å². The van der Waals surface area contributed by atoms with E-state index in [0.29, 0.717) is 23.8 Å². The van der Waals surface area contributed by atoms with Gasteiger partial charge in [0.15, 0.2) is 0 Å². The van der Waals surface area contributed by atoms with Crippen LogP contribution in [0.15, 0.2) is 42.5 Å². The molecule has 1 atom stereocenters. The van der Waals surface area contributed by atoms with E-state index in [4.69, 9.17) is 4.74 Å². The number of thioether (sulfide) groups is 1. The Morgan fingerprint density at radius 3 is 2.79 bits per heavy atom. The smallest absolute Gasteiger partial charge is 0.329 e. The quantitative estimate of drug-likeness (QED) is 0.613. The molecular formula is C19H21NO3S. The Morgan fingerprint density at radius 2 is 2.00 bits per heavy atom. The molecule has 24 heavy (non-hydrogen) atoms. The van der Waals surface area contributed by atoms with Gasteiger partial charge in [0.2, 0.25) is 0 Å². The van der Waals surface area contributed by atoms with Crippen molar-refractivity contribution < 1.29 is 14.3 Å². The van der Waals surface area contributed by atoms with Gasteiger partial charge in [0.25, 0.3) is 5.91 Å². The molecule has 2 aromatic rings. The van der Waals surface area contributed by atoms with Gasteiger partial charge in [-0.15, -0.1) is 11.8 Å². The molecular weight excluding hydrogens is 322 g/mol. The fourth-order valence-electron chi connectivity index (χ4n) is 2.74. The molecule has 1 aliphatic heterocycles. The van der Waals surface area contributed by atoms with Crippen LogP contribution in [0.3, 0.4) is 0 Å². The first-order valence-corrected chi connectivity index (χ1v) is 9.40. The van der Waals surface area contributed by atoms with Crippen molar-refractivity contribution in [1.29, 1.82) is 0 Å². The summed E-state index contributed by atoms with van der Waals surface area (Å²) in [6, 6.07) is 13.1. The Bertz CT molecular complexity index is 746. The zero-order chi connectivity index (χ0) is 16.9. The number of fused-ring (bicyclic) bond motifs is 1. The minimum atomic E-state index is -0.481. The van der Waals surface area contributed by atoms with E-state index in [2.05, 4.69) is 6.92 Å². The van der Waals surface area contributed by atoms with Gasteiger partial charge in [0, 0.05) is 11.3 Å². The van der Waals surface area contributed by atoms with Crippen LogP contribution in [0.2, 0.25) is 0 Å². The molecule has 0 radical (unpaired) electrons. The molecule has 5 heteroatoms. The topological polar surface area (TPSA) is 46.6 Å². The lowest BCUT2D eigenvalue weighted by molar-refractivity contribution is -0.147. The maximum absolute atomic E-state index is 12.8. The van der Waals surface area contributed by atoms with E-state index < -0.39 is 6.04 Å². The minimum Gasteiger partial charge on any atom is -0.464 e. The van der Waals surface area contributed by atoms with Crippen LogP contribution < -0.4 is 0 Å². The number of carbonyl (C=O) groups excluding carboxylic acids is 2.